The molecule has 0 fully saturated rings. The van der Waals surface area contributed by atoms with Crippen LogP contribution in [0.5, 0.6) is 17.2 Å². The number of hydrogen-bond donors (Lipinski definition) is 0. The minimum absolute atomic E-state index is 0.0245. The lowest BCUT2D eigenvalue weighted by molar-refractivity contribution is -0.131. The van der Waals surface area contributed by atoms with Gasteiger partial charge < -0.3 is 18.9 Å². The average Bonchev–Trinajstić information content (AvgIpc) is 2.93. The van der Waals surface area contributed by atoms with Crippen LogP contribution in [0.1, 0.15) is 36.7 Å². The molecule has 3 aromatic carbocycles. The number of rotatable bonds is 11. The van der Waals surface area contributed by atoms with Gasteiger partial charge in [0.2, 0.25) is 0 Å². The molecular weight excluding hydrogens is 524 g/mol. The predicted octanol–water partition coefficient (Wildman–Crippen LogP) is 6.20. The summed E-state index contributed by atoms with van der Waals surface area (Å²) in [5, 5.41) is 0. The first-order chi connectivity index (χ1) is 19.4. The van der Waals surface area contributed by atoms with Gasteiger partial charge in [-0.3, -0.25) is 0 Å². The fourth-order valence-corrected chi connectivity index (χ4v) is 3.33. The molecule has 0 radical (unpaired) electrons. The van der Waals surface area contributed by atoms with E-state index in [4.69, 9.17) is 18.9 Å². The monoisotopic (exact) mass is 554 g/mol. The van der Waals surface area contributed by atoms with Crippen LogP contribution in [0.25, 0.3) is 11.1 Å². The molecule has 0 aliphatic carbocycles. The SMILES string of the molecule is C=C(C)C(=O)Oc1ccc(-c2ccc(C(=O)OCCc3cc(OC(=O)C(=C)C)cc(OC(=O)C(=C)C)c3)cc2)cc1. The zero-order valence-electron chi connectivity index (χ0n) is 23.2. The molecule has 3 aromatic rings. The van der Waals surface area contributed by atoms with Crippen LogP contribution in [0.4, 0.5) is 0 Å². The van der Waals surface area contributed by atoms with Gasteiger partial charge in [-0.15, -0.1) is 0 Å². The summed E-state index contributed by atoms with van der Waals surface area (Å²) in [4.78, 5) is 48.3. The van der Waals surface area contributed by atoms with Gasteiger partial charge in [-0.1, -0.05) is 44.0 Å². The molecule has 0 spiro atoms. The Morgan fingerprint density at radius 1 is 0.585 bits per heavy atom. The lowest BCUT2D eigenvalue weighted by Crippen LogP contribution is -2.12. The highest BCUT2D eigenvalue weighted by molar-refractivity contribution is 5.91. The number of ether oxygens (including phenoxy) is 4. The molecule has 0 N–H and O–H groups in total. The second-order valence-corrected chi connectivity index (χ2v) is 9.31. The van der Waals surface area contributed by atoms with E-state index < -0.39 is 23.9 Å². The minimum atomic E-state index is -0.628. The second-order valence-electron chi connectivity index (χ2n) is 9.31. The Morgan fingerprint density at radius 3 is 1.44 bits per heavy atom. The molecule has 0 atom stereocenters. The van der Waals surface area contributed by atoms with Gasteiger partial charge in [0.15, 0.2) is 0 Å². The number of benzene rings is 3. The van der Waals surface area contributed by atoms with E-state index in [1.807, 2.05) is 0 Å². The highest BCUT2D eigenvalue weighted by atomic mass is 16.6. The minimum Gasteiger partial charge on any atom is -0.462 e. The molecular formula is C33H30O8. The number of carbonyl (C=O) groups excluding carboxylic acids is 4. The Kier molecular flexibility index (Phi) is 10.1. The molecule has 0 aliphatic heterocycles. The van der Waals surface area contributed by atoms with Gasteiger partial charge in [0.25, 0.3) is 0 Å². The smallest absolute Gasteiger partial charge is 0.338 e. The molecule has 210 valence electrons. The third kappa shape index (κ3) is 8.90. The quantitative estimate of drug-likeness (QED) is 0.157. The Balaban J connectivity index is 1.63. The van der Waals surface area contributed by atoms with E-state index >= 15 is 0 Å². The van der Waals surface area contributed by atoms with E-state index in [9.17, 15) is 19.2 Å². The van der Waals surface area contributed by atoms with Gasteiger partial charge in [-0.05, 0) is 73.9 Å². The molecule has 0 amide bonds. The first kappa shape index (κ1) is 30.3. The molecule has 0 saturated heterocycles. The van der Waals surface area contributed by atoms with Gasteiger partial charge in [0.1, 0.15) is 17.2 Å². The van der Waals surface area contributed by atoms with Gasteiger partial charge in [-0.2, -0.15) is 0 Å². The Morgan fingerprint density at radius 2 is 1.00 bits per heavy atom. The van der Waals surface area contributed by atoms with E-state index in [-0.39, 0.29) is 35.7 Å². The van der Waals surface area contributed by atoms with Crippen molar-refractivity contribution in [2.75, 3.05) is 6.61 Å². The van der Waals surface area contributed by atoms with Gasteiger partial charge in [-0.25, -0.2) is 19.2 Å². The third-order valence-corrected chi connectivity index (χ3v) is 5.55. The van der Waals surface area contributed by atoms with Crippen molar-refractivity contribution in [3.05, 3.63) is 114 Å². The highest BCUT2D eigenvalue weighted by Crippen LogP contribution is 2.26. The largest absolute Gasteiger partial charge is 0.462 e. The summed E-state index contributed by atoms with van der Waals surface area (Å²) in [7, 11) is 0. The Bertz CT molecular complexity index is 1470. The molecule has 8 nitrogen and oxygen atoms in total. The van der Waals surface area contributed by atoms with E-state index in [2.05, 4.69) is 19.7 Å². The van der Waals surface area contributed by atoms with Crippen LogP contribution in [0.15, 0.2) is 103 Å². The second kappa shape index (κ2) is 13.7. The Hall–Kier alpha value is -5.24. The van der Waals surface area contributed by atoms with E-state index in [0.717, 1.165) is 11.1 Å². The van der Waals surface area contributed by atoms with Crippen LogP contribution in [-0.4, -0.2) is 30.5 Å². The first-order valence-corrected chi connectivity index (χ1v) is 12.6. The van der Waals surface area contributed by atoms with E-state index in [0.29, 0.717) is 22.4 Å². The molecule has 0 aliphatic rings. The molecule has 41 heavy (non-hydrogen) atoms. The maximum Gasteiger partial charge on any atom is 0.338 e. The van der Waals surface area contributed by atoms with Crippen LogP contribution in [-0.2, 0) is 25.5 Å². The van der Waals surface area contributed by atoms with Crippen molar-refractivity contribution < 1.29 is 38.1 Å². The molecule has 8 heteroatoms. The van der Waals surface area contributed by atoms with Crippen LogP contribution in [0.2, 0.25) is 0 Å². The van der Waals surface area contributed by atoms with E-state index in [1.54, 1.807) is 67.6 Å². The van der Waals surface area contributed by atoms with Crippen molar-refractivity contribution in [3.8, 4) is 28.4 Å². The van der Waals surface area contributed by atoms with Crippen molar-refractivity contribution in [2.24, 2.45) is 0 Å². The maximum atomic E-state index is 12.6. The standard InChI is InChI=1S/C33H30O8/c1-20(2)30(34)39-27-13-11-25(12-14-27)24-7-9-26(10-8-24)33(37)38-16-15-23-17-28(40-31(35)21(3)4)19-29(18-23)41-32(36)22(5)6/h7-14,17-19H,1,3,5,15-16H2,2,4,6H3. The molecule has 0 unspecified atom stereocenters. The molecule has 0 heterocycles. The summed E-state index contributed by atoms with van der Waals surface area (Å²) < 4.78 is 21.2. The van der Waals surface area contributed by atoms with Crippen molar-refractivity contribution >= 4 is 23.9 Å². The van der Waals surface area contributed by atoms with Crippen LogP contribution < -0.4 is 14.2 Å². The number of esters is 4. The van der Waals surface area contributed by atoms with Crippen molar-refractivity contribution in [1.82, 2.24) is 0 Å². The molecule has 3 rings (SSSR count). The fraction of sp³-hybridized carbons (Fsp3) is 0.152. The zero-order chi connectivity index (χ0) is 30.1. The van der Waals surface area contributed by atoms with Crippen LogP contribution in [0, 0.1) is 0 Å². The van der Waals surface area contributed by atoms with Crippen molar-refractivity contribution in [2.45, 2.75) is 27.2 Å². The highest BCUT2D eigenvalue weighted by Gasteiger charge is 2.13. The average molecular weight is 555 g/mol. The summed E-state index contributed by atoms with van der Waals surface area (Å²) in [5.74, 6) is -1.55. The predicted molar refractivity (Wildman–Crippen MR) is 154 cm³/mol. The van der Waals surface area contributed by atoms with Crippen LogP contribution >= 0.6 is 0 Å². The summed E-state index contributed by atoms with van der Waals surface area (Å²) in [6, 6.07) is 18.4. The Labute approximate surface area is 238 Å². The zero-order valence-corrected chi connectivity index (χ0v) is 23.2. The van der Waals surface area contributed by atoms with Crippen LogP contribution in [0.3, 0.4) is 0 Å². The third-order valence-electron chi connectivity index (χ3n) is 5.55. The summed E-state index contributed by atoms with van der Waals surface area (Å²) in [6.07, 6.45) is 0.266. The summed E-state index contributed by atoms with van der Waals surface area (Å²) in [5.41, 5.74) is 3.42. The fourth-order valence-electron chi connectivity index (χ4n) is 3.33. The lowest BCUT2D eigenvalue weighted by Gasteiger charge is -2.11. The topological polar surface area (TPSA) is 105 Å². The summed E-state index contributed by atoms with van der Waals surface area (Å²) in [6.45, 7) is 15.3. The van der Waals surface area contributed by atoms with Crippen molar-refractivity contribution in [3.63, 3.8) is 0 Å². The van der Waals surface area contributed by atoms with Gasteiger partial charge >= 0.3 is 23.9 Å². The molecule has 0 aromatic heterocycles. The summed E-state index contributed by atoms with van der Waals surface area (Å²) >= 11 is 0. The van der Waals surface area contributed by atoms with Gasteiger partial charge in [0.05, 0.1) is 12.2 Å². The number of carbonyl (C=O) groups is 4. The normalized spacial score (nSPS) is 10.2. The first-order valence-electron chi connectivity index (χ1n) is 12.6. The molecule has 0 bridgehead atoms. The van der Waals surface area contributed by atoms with Crippen molar-refractivity contribution in [1.29, 1.82) is 0 Å². The molecule has 0 saturated carbocycles. The van der Waals surface area contributed by atoms with Gasteiger partial charge in [0, 0.05) is 29.2 Å². The number of hydrogen-bond acceptors (Lipinski definition) is 8. The maximum absolute atomic E-state index is 12.6. The van der Waals surface area contributed by atoms with E-state index in [1.165, 1.54) is 19.9 Å². The lowest BCUT2D eigenvalue weighted by atomic mass is 10.0.